The lowest BCUT2D eigenvalue weighted by molar-refractivity contribution is 0.425. The van der Waals surface area contributed by atoms with E-state index in [2.05, 4.69) is 11.8 Å². The molecule has 0 spiro atoms. The summed E-state index contributed by atoms with van der Waals surface area (Å²) in [5, 5.41) is 18.5. The van der Waals surface area contributed by atoms with Crippen LogP contribution in [0.3, 0.4) is 0 Å². The normalized spacial score (nSPS) is 9.50. The summed E-state index contributed by atoms with van der Waals surface area (Å²) in [6, 6.07) is 14.9. The molecule has 0 fully saturated rings. The van der Waals surface area contributed by atoms with E-state index in [0.29, 0.717) is 11.0 Å². The Morgan fingerprint density at radius 1 is 0.889 bits per heavy atom. The van der Waals surface area contributed by atoms with Gasteiger partial charge in [-0.05, 0) is 30.6 Å². The Hall–Kier alpha value is -2.02. The molecular formula is C15H13BO2. The molecule has 0 unspecified atom stereocenters. The van der Waals surface area contributed by atoms with Gasteiger partial charge in [0.25, 0.3) is 0 Å². The second kappa shape index (κ2) is 5.55. The van der Waals surface area contributed by atoms with E-state index in [1.165, 1.54) is 5.56 Å². The van der Waals surface area contributed by atoms with Crippen LogP contribution in [-0.4, -0.2) is 17.2 Å². The van der Waals surface area contributed by atoms with E-state index >= 15 is 0 Å². The van der Waals surface area contributed by atoms with Gasteiger partial charge in [0, 0.05) is 11.1 Å². The van der Waals surface area contributed by atoms with Crippen molar-refractivity contribution in [1.29, 1.82) is 0 Å². The minimum absolute atomic E-state index is 0.428. The Labute approximate surface area is 107 Å². The predicted molar refractivity (Wildman–Crippen MR) is 73.4 cm³/mol. The van der Waals surface area contributed by atoms with Crippen molar-refractivity contribution in [2.24, 2.45) is 0 Å². The summed E-state index contributed by atoms with van der Waals surface area (Å²) < 4.78 is 0. The van der Waals surface area contributed by atoms with E-state index < -0.39 is 7.12 Å². The number of hydrogen-bond donors (Lipinski definition) is 2. The quantitative estimate of drug-likeness (QED) is 0.574. The van der Waals surface area contributed by atoms with E-state index in [4.69, 9.17) is 0 Å². The Bertz CT molecular complexity index is 592. The first-order valence-electron chi connectivity index (χ1n) is 5.70. The van der Waals surface area contributed by atoms with Crippen LogP contribution in [-0.2, 0) is 0 Å². The lowest BCUT2D eigenvalue weighted by atomic mass is 9.77. The fraction of sp³-hybridized carbons (Fsp3) is 0.0667. The second-order valence-electron chi connectivity index (χ2n) is 4.08. The molecule has 18 heavy (non-hydrogen) atoms. The fourth-order valence-electron chi connectivity index (χ4n) is 1.61. The third-order valence-corrected chi connectivity index (χ3v) is 2.63. The highest BCUT2D eigenvalue weighted by atomic mass is 16.4. The summed E-state index contributed by atoms with van der Waals surface area (Å²) in [6.45, 7) is 2.02. The van der Waals surface area contributed by atoms with E-state index in [-0.39, 0.29) is 0 Å². The standard InChI is InChI=1S/C15H13BO2/c1-12-6-8-13(9-7-12)10-11-14-4-2-3-5-15(14)16(17)18/h2-9,17-18H,1H3. The summed E-state index contributed by atoms with van der Waals surface area (Å²) in [4.78, 5) is 0. The van der Waals surface area contributed by atoms with Crippen molar-refractivity contribution in [3.8, 4) is 11.8 Å². The number of benzene rings is 2. The Balaban J connectivity index is 2.32. The summed E-state index contributed by atoms with van der Waals surface area (Å²) in [5.74, 6) is 5.97. The maximum Gasteiger partial charge on any atom is 0.489 e. The molecule has 0 aliphatic carbocycles. The van der Waals surface area contributed by atoms with Crippen LogP contribution >= 0.6 is 0 Å². The molecule has 0 aliphatic rings. The third-order valence-electron chi connectivity index (χ3n) is 2.63. The van der Waals surface area contributed by atoms with Crippen molar-refractivity contribution >= 4 is 12.6 Å². The van der Waals surface area contributed by atoms with E-state index in [9.17, 15) is 10.0 Å². The summed E-state index contributed by atoms with van der Waals surface area (Å²) in [5.41, 5.74) is 3.15. The molecule has 0 aliphatic heterocycles. The largest absolute Gasteiger partial charge is 0.489 e. The van der Waals surface area contributed by atoms with Gasteiger partial charge in [-0.25, -0.2) is 0 Å². The van der Waals surface area contributed by atoms with Gasteiger partial charge >= 0.3 is 7.12 Å². The van der Waals surface area contributed by atoms with Crippen LogP contribution < -0.4 is 5.46 Å². The molecule has 0 heterocycles. The molecule has 2 nitrogen and oxygen atoms in total. The van der Waals surface area contributed by atoms with Gasteiger partial charge < -0.3 is 10.0 Å². The van der Waals surface area contributed by atoms with Gasteiger partial charge in [-0.1, -0.05) is 47.7 Å². The summed E-state index contributed by atoms with van der Waals surface area (Å²) in [7, 11) is -1.49. The van der Waals surface area contributed by atoms with E-state index in [1.807, 2.05) is 37.3 Å². The number of aryl methyl sites for hydroxylation is 1. The van der Waals surface area contributed by atoms with Crippen molar-refractivity contribution in [1.82, 2.24) is 0 Å². The van der Waals surface area contributed by atoms with Gasteiger partial charge in [0.2, 0.25) is 0 Å². The van der Waals surface area contributed by atoms with Crippen molar-refractivity contribution in [2.45, 2.75) is 6.92 Å². The highest BCUT2D eigenvalue weighted by Crippen LogP contribution is 2.02. The van der Waals surface area contributed by atoms with E-state index in [0.717, 1.165) is 5.56 Å². The van der Waals surface area contributed by atoms with E-state index in [1.54, 1.807) is 18.2 Å². The summed E-state index contributed by atoms with van der Waals surface area (Å²) in [6.07, 6.45) is 0. The third kappa shape index (κ3) is 3.01. The van der Waals surface area contributed by atoms with Gasteiger partial charge in [-0.3, -0.25) is 0 Å². The van der Waals surface area contributed by atoms with Gasteiger partial charge in [-0.15, -0.1) is 0 Å². The lowest BCUT2D eigenvalue weighted by Gasteiger charge is -2.01. The number of rotatable bonds is 1. The number of hydrogen-bond acceptors (Lipinski definition) is 2. The topological polar surface area (TPSA) is 40.5 Å². The monoisotopic (exact) mass is 236 g/mol. The molecule has 2 aromatic rings. The predicted octanol–water partition coefficient (Wildman–Crippen LogP) is 1.07. The maximum absolute atomic E-state index is 9.23. The smallest absolute Gasteiger partial charge is 0.423 e. The average Bonchev–Trinajstić information content (AvgIpc) is 2.38. The zero-order valence-electron chi connectivity index (χ0n) is 10.1. The van der Waals surface area contributed by atoms with Crippen LogP contribution in [0.25, 0.3) is 0 Å². The second-order valence-corrected chi connectivity index (χ2v) is 4.08. The molecule has 0 aromatic heterocycles. The Morgan fingerprint density at radius 3 is 2.22 bits per heavy atom. The van der Waals surface area contributed by atoms with Gasteiger partial charge in [0.15, 0.2) is 0 Å². The molecular weight excluding hydrogens is 223 g/mol. The molecule has 2 rings (SSSR count). The molecule has 0 bridgehead atoms. The first-order valence-corrected chi connectivity index (χ1v) is 5.70. The van der Waals surface area contributed by atoms with Crippen molar-refractivity contribution in [3.63, 3.8) is 0 Å². The molecule has 88 valence electrons. The van der Waals surface area contributed by atoms with Crippen LogP contribution in [0.15, 0.2) is 48.5 Å². The van der Waals surface area contributed by atoms with Crippen LogP contribution in [0.5, 0.6) is 0 Å². The zero-order chi connectivity index (χ0) is 13.0. The van der Waals surface area contributed by atoms with Crippen LogP contribution in [0.4, 0.5) is 0 Å². The highest BCUT2D eigenvalue weighted by Gasteiger charge is 2.13. The molecule has 0 radical (unpaired) electrons. The molecule has 2 aromatic carbocycles. The molecule has 2 N–H and O–H groups in total. The van der Waals surface area contributed by atoms with Gasteiger partial charge in [-0.2, -0.15) is 0 Å². The Kier molecular flexibility index (Phi) is 3.83. The minimum atomic E-state index is -1.49. The molecule has 0 atom stereocenters. The van der Waals surface area contributed by atoms with Crippen molar-refractivity contribution in [2.75, 3.05) is 0 Å². The lowest BCUT2D eigenvalue weighted by Crippen LogP contribution is -2.32. The van der Waals surface area contributed by atoms with Crippen LogP contribution in [0, 0.1) is 18.8 Å². The van der Waals surface area contributed by atoms with Crippen LogP contribution in [0.1, 0.15) is 16.7 Å². The first kappa shape index (κ1) is 12.4. The SMILES string of the molecule is Cc1ccc(C#Cc2ccccc2B(O)O)cc1. The first-order chi connectivity index (χ1) is 8.66. The summed E-state index contributed by atoms with van der Waals surface area (Å²) >= 11 is 0. The van der Waals surface area contributed by atoms with Crippen molar-refractivity contribution < 1.29 is 10.0 Å². The molecule has 0 amide bonds. The van der Waals surface area contributed by atoms with Crippen molar-refractivity contribution in [3.05, 3.63) is 65.2 Å². The van der Waals surface area contributed by atoms with Gasteiger partial charge in [0.05, 0.1) is 0 Å². The fourth-order valence-corrected chi connectivity index (χ4v) is 1.61. The van der Waals surface area contributed by atoms with Gasteiger partial charge in [0.1, 0.15) is 0 Å². The molecule has 3 heteroatoms. The highest BCUT2D eigenvalue weighted by molar-refractivity contribution is 6.59. The molecule has 0 saturated heterocycles. The molecule has 0 saturated carbocycles. The average molecular weight is 236 g/mol. The maximum atomic E-state index is 9.23. The van der Waals surface area contributed by atoms with Crippen LogP contribution in [0.2, 0.25) is 0 Å². The minimum Gasteiger partial charge on any atom is -0.423 e. The zero-order valence-corrected chi connectivity index (χ0v) is 10.1. The Morgan fingerprint density at radius 2 is 1.56 bits per heavy atom.